The highest BCUT2D eigenvalue weighted by Gasteiger charge is 2.15. The van der Waals surface area contributed by atoms with Crippen molar-refractivity contribution in [2.75, 3.05) is 97.0 Å². The van der Waals surface area contributed by atoms with E-state index in [4.69, 9.17) is 56.4 Å². The summed E-state index contributed by atoms with van der Waals surface area (Å²) in [4.78, 5) is 20.9. The molecule has 0 aliphatic carbocycles. The zero-order chi connectivity index (χ0) is 31.6. The number of fused-ring (bicyclic) bond motifs is 1. The highest BCUT2D eigenvalue weighted by Crippen LogP contribution is 2.35. The number of nitrogens with zero attached hydrogens (tertiary/aromatic N) is 2. The van der Waals surface area contributed by atoms with Gasteiger partial charge in [-0.05, 0) is 25.1 Å². The fraction of sp³-hybridized carbons (Fsp3) is 0.483. The number of hydrogen-bond acceptors (Lipinski definition) is 11. The smallest absolute Gasteiger partial charge is 0.250 e. The second kappa shape index (κ2) is 20.2. The molecule has 2 N–H and O–H groups in total. The topological polar surface area (TPSA) is 132 Å². The first-order valence-electron chi connectivity index (χ1n) is 13.9. The van der Waals surface area contributed by atoms with Gasteiger partial charge in [0.1, 0.15) is 36.9 Å². The number of ether oxygens (including phenoxy) is 7. The maximum atomic E-state index is 14.5. The molecule has 3 aromatic rings. The van der Waals surface area contributed by atoms with Gasteiger partial charge in [0, 0.05) is 25.2 Å². The number of halogens is 3. The number of amides is 1. The minimum absolute atomic E-state index is 0.0667. The van der Waals surface area contributed by atoms with Gasteiger partial charge in [0.2, 0.25) is 5.91 Å². The molecule has 1 heterocycles. The van der Waals surface area contributed by atoms with Crippen molar-refractivity contribution in [3.05, 3.63) is 46.5 Å². The van der Waals surface area contributed by atoms with E-state index in [1.54, 1.807) is 12.1 Å². The Kier molecular flexibility index (Phi) is 16.3. The number of methoxy groups -OCH3 is 1. The van der Waals surface area contributed by atoms with Crippen LogP contribution in [0.1, 0.15) is 6.92 Å². The number of benzene rings is 2. The average molecular weight is 660 g/mol. The zero-order valence-electron chi connectivity index (χ0n) is 24.7. The molecule has 0 bridgehead atoms. The van der Waals surface area contributed by atoms with Crippen molar-refractivity contribution in [1.82, 2.24) is 9.97 Å². The molecule has 0 spiro atoms. The van der Waals surface area contributed by atoms with Crippen LogP contribution >= 0.6 is 23.2 Å². The van der Waals surface area contributed by atoms with Crippen LogP contribution in [0.2, 0.25) is 10.0 Å². The lowest BCUT2D eigenvalue weighted by Crippen LogP contribution is -2.18. The van der Waals surface area contributed by atoms with Crippen molar-refractivity contribution in [1.29, 1.82) is 0 Å². The number of rotatable bonds is 22. The van der Waals surface area contributed by atoms with Crippen LogP contribution in [-0.4, -0.2) is 102 Å². The van der Waals surface area contributed by atoms with Gasteiger partial charge in [0.25, 0.3) is 0 Å². The molecule has 0 aliphatic heterocycles. The highest BCUT2D eigenvalue weighted by molar-refractivity contribution is 6.42. The molecule has 2 aromatic carbocycles. The number of carbonyl (C=O) groups excluding carboxylic acids is 1. The molecular weight excluding hydrogens is 622 g/mol. The fourth-order valence-corrected chi connectivity index (χ4v) is 4.01. The normalized spacial score (nSPS) is 11.2. The Morgan fingerprint density at radius 2 is 1.39 bits per heavy atom. The predicted molar refractivity (Wildman–Crippen MR) is 165 cm³/mol. The summed E-state index contributed by atoms with van der Waals surface area (Å²) in [5.41, 5.74) is 0.892. The van der Waals surface area contributed by atoms with Gasteiger partial charge < -0.3 is 43.8 Å². The van der Waals surface area contributed by atoms with Crippen LogP contribution in [0.15, 0.2) is 30.6 Å². The van der Waals surface area contributed by atoms with Gasteiger partial charge in [-0.2, -0.15) is 0 Å². The molecule has 242 valence electrons. The van der Waals surface area contributed by atoms with E-state index < -0.39 is 11.7 Å². The van der Waals surface area contributed by atoms with E-state index in [2.05, 4.69) is 20.6 Å². The monoisotopic (exact) mass is 658 g/mol. The van der Waals surface area contributed by atoms with Crippen molar-refractivity contribution in [2.24, 2.45) is 0 Å². The third-order valence-electron chi connectivity index (χ3n) is 5.73. The molecular formula is C29H37Cl2FN4O8. The van der Waals surface area contributed by atoms with Gasteiger partial charge in [-0.15, -0.1) is 0 Å². The van der Waals surface area contributed by atoms with E-state index in [0.29, 0.717) is 81.8 Å². The molecule has 3 rings (SSSR count). The van der Waals surface area contributed by atoms with Crippen LogP contribution in [0.25, 0.3) is 10.9 Å². The first-order chi connectivity index (χ1) is 21.4. The third-order valence-corrected chi connectivity index (χ3v) is 6.45. The Morgan fingerprint density at radius 3 is 2.00 bits per heavy atom. The van der Waals surface area contributed by atoms with Crippen molar-refractivity contribution in [3.63, 3.8) is 0 Å². The molecule has 0 saturated heterocycles. The maximum Gasteiger partial charge on any atom is 0.250 e. The third kappa shape index (κ3) is 12.3. The quantitative estimate of drug-likeness (QED) is 0.113. The van der Waals surface area contributed by atoms with E-state index in [1.807, 2.05) is 6.92 Å². The lowest BCUT2D eigenvalue weighted by Gasteiger charge is -2.16. The number of carbonyl (C=O) groups is 1. The summed E-state index contributed by atoms with van der Waals surface area (Å²) in [6, 6.07) is 5.72. The SMILES string of the molecule is CCOCCOCCOCCOCCOCCOc1cc2ncnc(Nc3cc(Cl)c(Cl)cc3F)c2cc1NC(=O)COC. The van der Waals surface area contributed by atoms with Gasteiger partial charge in [-0.3, -0.25) is 4.79 Å². The van der Waals surface area contributed by atoms with Gasteiger partial charge in [-0.25, -0.2) is 14.4 Å². The lowest BCUT2D eigenvalue weighted by molar-refractivity contribution is -0.119. The number of aromatic nitrogens is 2. The van der Waals surface area contributed by atoms with Crippen molar-refractivity contribution < 1.29 is 42.3 Å². The van der Waals surface area contributed by atoms with Gasteiger partial charge in [0.15, 0.2) is 0 Å². The van der Waals surface area contributed by atoms with E-state index in [9.17, 15) is 9.18 Å². The minimum atomic E-state index is -0.617. The van der Waals surface area contributed by atoms with Gasteiger partial charge in [0.05, 0.1) is 86.4 Å². The Morgan fingerprint density at radius 1 is 0.795 bits per heavy atom. The molecule has 0 saturated carbocycles. The fourth-order valence-electron chi connectivity index (χ4n) is 3.70. The molecule has 44 heavy (non-hydrogen) atoms. The largest absolute Gasteiger partial charge is 0.489 e. The highest BCUT2D eigenvalue weighted by atomic mass is 35.5. The molecule has 15 heteroatoms. The average Bonchev–Trinajstić information content (AvgIpc) is 3.00. The number of anilines is 3. The molecule has 12 nitrogen and oxygen atoms in total. The predicted octanol–water partition coefficient (Wildman–Crippen LogP) is 4.89. The summed E-state index contributed by atoms with van der Waals surface area (Å²) >= 11 is 12.0. The number of nitrogens with one attached hydrogen (secondary N) is 2. The Labute approximate surface area is 265 Å². The molecule has 1 amide bonds. The van der Waals surface area contributed by atoms with E-state index in [0.717, 1.165) is 6.07 Å². The van der Waals surface area contributed by atoms with Crippen LogP contribution in [0.3, 0.4) is 0 Å². The van der Waals surface area contributed by atoms with E-state index >= 15 is 0 Å². The van der Waals surface area contributed by atoms with Crippen LogP contribution in [0.5, 0.6) is 5.75 Å². The number of hydrogen-bond donors (Lipinski definition) is 2. The van der Waals surface area contributed by atoms with Crippen molar-refractivity contribution >= 4 is 57.2 Å². The first kappa shape index (κ1) is 35.6. The second-order valence-corrected chi connectivity index (χ2v) is 9.75. The molecule has 0 fully saturated rings. The van der Waals surface area contributed by atoms with Gasteiger partial charge in [-0.1, -0.05) is 23.2 Å². The lowest BCUT2D eigenvalue weighted by atomic mass is 10.1. The molecule has 0 aliphatic rings. The summed E-state index contributed by atoms with van der Waals surface area (Å²) in [7, 11) is 1.41. The Hall–Kier alpha value is -2.88. The summed E-state index contributed by atoms with van der Waals surface area (Å²) in [6.45, 7) is 6.71. The van der Waals surface area contributed by atoms with Crippen molar-refractivity contribution in [3.8, 4) is 5.75 Å². The second-order valence-electron chi connectivity index (χ2n) is 8.94. The van der Waals surface area contributed by atoms with Crippen LogP contribution < -0.4 is 15.4 Å². The van der Waals surface area contributed by atoms with E-state index in [-0.39, 0.29) is 41.4 Å². The van der Waals surface area contributed by atoms with Crippen LogP contribution in [-0.2, 0) is 33.2 Å². The first-order valence-corrected chi connectivity index (χ1v) is 14.7. The molecule has 0 atom stereocenters. The van der Waals surface area contributed by atoms with Crippen LogP contribution in [0.4, 0.5) is 21.6 Å². The summed E-state index contributed by atoms with van der Waals surface area (Å²) < 4.78 is 52.5. The molecule has 0 radical (unpaired) electrons. The summed E-state index contributed by atoms with van der Waals surface area (Å²) in [5, 5.41) is 6.42. The summed E-state index contributed by atoms with van der Waals surface area (Å²) in [6.07, 6.45) is 1.32. The Bertz CT molecular complexity index is 1320. The minimum Gasteiger partial charge on any atom is -0.489 e. The summed E-state index contributed by atoms with van der Waals surface area (Å²) in [5.74, 6) is -0.384. The Balaban J connectivity index is 1.49. The molecule has 0 unspecified atom stereocenters. The van der Waals surface area contributed by atoms with Crippen molar-refractivity contribution in [2.45, 2.75) is 6.92 Å². The zero-order valence-corrected chi connectivity index (χ0v) is 26.2. The molecule has 1 aromatic heterocycles. The van der Waals surface area contributed by atoms with Gasteiger partial charge >= 0.3 is 0 Å². The van der Waals surface area contributed by atoms with E-state index in [1.165, 1.54) is 19.5 Å². The van der Waals surface area contributed by atoms with Crippen LogP contribution in [0, 0.1) is 5.82 Å². The maximum absolute atomic E-state index is 14.5. The standard InChI is InChI=1S/C29H37Cl2FN4O8/c1-3-39-4-5-40-6-7-41-8-9-42-10-11-43-12-13-44-27-17-24-20(14-26(27)35-28(37)18-38-2)29(34-19-33-24)36-25-16-22(31)21(30)15-23(25)32/h14-17,19H,3-13,18H2,1-2H3,(H,35,37)(H,33,34,36).